The Kier molecular flexibility index (Phi) is 0.548. The van der Waals surface area contributed by atoms with Crippen LogP contribution in [0.1, 0.15) is 12.5 Å². The molecule has 0 saturated carbocycles. The van der Waals surface area contributed by atoms with E-state index in [0.29, 0.717) is 11.6 Å². The van der Waals surface area contributed by atoms with Crippen molar-refractivity contribution in [3.8, 4) is 5.75 Å². The first-order valence-corrected chi connectivity index (χ1v) is 16.1. The monoisotopic (exact) mass is 388 g/mol. The molecule has 26 heavy (non-hydrogen) atoms. The van der Waals surface area contributed by atoms with Crippen LogP contribution in [-0.4, -0.2) is 18.7 Å². The Bertz CT molecular complexity index is 1510. The van der Waals surface area contributed by atoms with Crippen LogP contribution in [0.5, 0.6) is 5.75 Å². The molecular weight excluding hydrogens is 368 g/mol. The van der Waals surface area contributed by atoms with Crippen molar-refractivity contribution in [2.24, 2.45) is 0 Å². The standard InChI is InChI=1S/C15H13O2.C7H7O.Fe/c1-17-14-9-6-12(7-10-14)8-11-15(16)13-4-2-3-5-13;1-6(8)7-4-2-3-5-7;/h2-11H,1H3;2-5H,1H3;. The molecule has 8 atom stereocenters. The third-order valence-corrected chi connectivity index (χ3v) is 60.1. The van der Waals surface area contributed by atoms with Crippen molar-refractivity contribution in [1.82, 2.24) is 0 Å². The maximum absolute atomic E-state index is 13.7. The van der Waals surface area contributed by atoms with Gasteiger partial charge in [0.1, 0.15) is 0 Å². The van der Waals surface area contributed by atoms with Crippen LogP contribution in [-0.2, 0) is 16.1 Å². The summed E-state index contributed by atoms with van der Waals surface area (Å²) in [5.41, 5.74) is 1.06. The zero-order chi connectivity index (χ0) is 17.2. The van der Waals surface area contributed by atoms with Gasteiger partial charge in [0.05, 0.1) is 0 Å². The number of methoxy groups -OCH3 is 1. The van der Waals surface area contributed by atoms with Gasteiger partial charge in [0.15, 0.2) is 0 Å². The molecule has 1 spiro atoms. The third kappa shape index (κ3) is 0.164. The van der Waals surface area contributed by atoms with Crippen molar-refractivity contribution in [2.45, 2.75) is 54.1 Å². The van der Waals surface area contributed by atoms with Crippen LogP contribution >= 0.6 is 0 Å². The molecule has 0 aromatic heterocycles. The minimum absolute atomic E-state index is 0.100. The summed E-state index contributed by atoms with van der Waals surface area (Å²) in [5, 5.41) is 0. The van der Waals surface area contributed by atoms with Gasteiger partial charge in [-0.2, -0.15) is 0 Å². The molecular formula is C22H20FeO3. The summed E-state index contributed by atoms with van der Waals surface area (Å²) in [7, 11) is 1.67. The number of ketones is 2. The van der Waals surface area contributed by atoms with E-state index in [2.05, 4.69) is 0 Å². The SMILES string of the molecule is COc1ccc(C=CC(=O)[C]23[CH]4[CH]5[CH]6[CH]2[Fe]56432789[CH]3[CH]2[CH]7[C]8(C(C)=O)[CH]39)cc1. The van der Waals surface area contributed by atoms with E-state index < -0.39 is 6.51 Å². The fraction of sp³-hybridized carbons (Fsp3) is 0.545. The predicted octanol–water partition coefficient (Wildman–Crippen LogP) is 5.00. The van der Waals surface area contributed by atoms with Crippen molar-refractivity contribution >= 4 is 17.6 Å². The first kappa shape index (κ1) is 11.5. The molecule has 10 heterocycles. The molecule has 4 heteroatoms. The Morgan fingerprint density at radius 1 is 0.962 bits per heavy atom. The third-order valence-electron chi connectivity index (χ3n) is 17.3. The van der Waals surface area contributed by atoms with Gasteiger partial charge in [-0.1, -0.05) is 0 Å². The van der Waals surface area contributed by atoms with E-state index in [-0.39, 0.29) is 8.63 Å². The summed E-state index contributed by atoms with van der Waals surface area (Å²) < 4.78 is 5.49. The molecule has 0 bridgehead atoms. The number of hydrogen-bond acceptors (Lipinski definition) is 3. The Morgan fingerprint density at radius 3 is 1.92 bits per heavy atom. The van der Waals surface area contributed by atoms with E-state index in [9.17, 15) is 9.59 Å². The molecule has 1 aromatic carbocycles. The number of hydrogen-bond donors (Lipinski definition) is 0. The molecule has 10 aliphatic heterocycles. The second-order valence-corrected chi connectivity index (χ2v) is 36.0. The van der Waals surface area contributed by atoms with Gasteiger partial charge >= 0.3 is 141 Å². The van der Waals surface area contributed by atoms with E-state index in [1.54, 1.807) is 7.11 Å². The molecule has 0 radical (unpaired) electrons. The molecule has 0 aliphatic carbocycles. The molecule has 3 nitrogen and oxygen atoms in total. The molecule has 10 aliphatic rings. The number of Topliss-reactive ketones (excluding diaryl/α,β-unsaturated/α-hetero) is 1. The number of allylic oxidation sites excluding steroid dienone is 1. The van der Waals surface area contributed by atoms with Crippen LogP contribution in [0, 0.1) is 0 Å². The van der Waals surface area contributed by atoms with Crippen LogP contribution in [0.25, 0.3) is 6.08 Å². The fourth-order valence-corrected chi connectivity index (χ4v) is 95.4. The number of fused-ring (bicyclic) bond motifs is 10. The molecule has 10 fully saturated rings. The Hall–Kier alpha value is -1.38. The van der Waals surface area contributed by atoms with Gasteiger partial charge in [0, 0.05) is 0 Å². The fourth-order valence-electron chi connectivity index (χ4n) is 19.2. The normalized spacial score (nSPS) is 84.7. The number of ether oxygens (including phenoxy) is 1. The van der Waals surface area contributed by atoms with E-state index in [0.717, 1.165) is 49.8 Å². The van der Waals surface area contributed by atoms with E-state index >= 15 is 0 Å². The zero-order valence-electron chi connectivity index (χ0n) is 14.7. The maximum atomic E-state index is 13.7. The van der Waals surface area contributed by atoms with Gasteiger partial charge in [-0.3, -0.25) is 0 Å². The molecule has 0 N–H and O–H groups in total. The number of carbonyl (C=O) groups is 2. The first-order chi connectivity index (χ1) is 12.3. The zero-order valence-corrected chi connectivity index (χ0v) is 15.8. The van der Waals surface area contributed by atoms with Crippen LogP contribution in [0.2, 0.25) is 47.2 Å². The Labute approximate surface area is 141 Å². The van der Waals surface area contributed by atoms with E-state index in [1.165, 1.54) is 0 Å². The van der Waals surface area contributed by atoms with Gasteiger partial charge in [-0.05, 0) is 0 Å². The van der Waals surface area contributed by atoms with Gasteiger partial charge in [0.25, 0.3) is 0 Å². The molecule has 0 amide bonds. The van der Waals surface area contributed by atoms with Gasteiger partial charge in [-0.25, -0.2) is 0 Å². The van der Waals surface area contributed by atoms with Crippen LogP contribution < -0.4 is 4.74 Å². The van der Waals surface area contributed by atoms with Gasteiger partial charge in [0.2, 0.25) is 0 Å². The summed E-state index contributed by atoms with van der Waals surface area (Å²) >= 11 is 0. The average Bonchev–Trinajstić information content (AvgIpc) is 3.59. The van der Waals surface area contributed by atoms with Crippen LogP contribution in [0.15, 0.2) is 30.3 Å². The summed E-state index contributed by atoms with van der Waals surface area (Å²) in [5.74, 6) is 1.84. The van der Waals surface area contributed by atoms with Crippen molar-refractivity contribution in [3.05, 3.63) is 35.9 Å². The molecule has 11 rings (SSSR count). The second-order valence-electron chi connectivity index (χ2n) is 12.8. The van der Waals surface area contributed by atoms with Crippen molar-refractivity contribution in [2.75, 3.05) is 7.11 Å². The summed E-state index contributed by atoms with van der Waals surface area (Å²) in [4.78, 5) is 33.7. The van der Waals surface area contributed by atoms with Crippen molar-refractivity contribution in [1.29, 1.82) is 0 Å². The molecule has 1 aromatic rings. The number of benzene rings is 1. The summed E-state index contributed by atoms with van der Waals surface area (Å²) in [6.07, 6.45) is 3.92. The number of carbonyl (C=O) groups excluding carboxylic acids is 2. The van der Waals surface area contributed by atoms with Crippen molar-refractivity contribution in [3.63, 3.8) is 0 Å². The number of rotatable bonds is 5. The Balaban J connectivity index is 1.13. The first-order valence-electron chi connectivity index (χ1n) is 9.89. The van der Waals surface area contributed by atoms with E-state index in [1.807, 2.05) is 43.3 Å². The minimum atomic E-state index is -3.89. The van der Waals surface area contributed by atoms with Gasteiger partial charge < -0.3 is 0 Å². The quantitative estimate of drug-likeness (QED) is 0.527. The molecule has 134 valence electrons. The van der Waals surface area contributed by atoms with Crippen molar-refractivity contribution < 1.29 is 20.8 Å². The molecule has 8 unspecified atom stereocenters. The van der Waals surface area contributed by atoms with Crippen LogP contribution in [0.3, 0.4) is 0 Å². The second kappa shape index (κ2) is 1.24. The summed E-state index contributed by atoms with van der Waals surface area (Å²) in [6.45, 7) is -1.99. The van der Waals surface area contributed by atoms with Crippen LogP contribution in [0.4, 0.5) is 0 Å². The molecule has 10 saturated heterocycles. The van der Waals surface area contributed by atoms with E-state index in [4.69, 9.17) is 4.74 Å². The van der Waals surface area contributed by atoms with Gasteiger partial charge in [-0.15, -0.1) is 0 Å². The summed E-state index contributed by atoms with van der Waals surface area (Å²) in [6, 6.07) is 7.91. The topological polar surface area (TPSA) is 43.4 Å². The Morgan fingerprint density at radius 2 is 1.50 bits per heavy atom. The predicted molar refractivity (Wildman–Crippen MR) is 93.1 cm³/mol. The average molecular weight is 388 g/mol.